The molecule has 9 heteroatoms. The summed E-state index contributed by atoms with van der Waals surface area (Å²) in [5.41, 5.74) is 4.93. The molecule has 1 aliphatic heterocycles. The molecule has 0 saturated carbocycles. The van der Waals surface area contributed by atoms with Crippen LogP contribution in [0.4, 0.5) is 0 Å². The Morgan fingerprint density at radius 1 is 1.19 bits per heavy atom. The van der Waals surface area contributed by atoms with E-state index in [9.17, 15) is 9.90 Å². The maximum atomic E-state index is 11.7. The third-order valence-electron chi connectivity index (χ3n) is 6.51. The van der Waals surface area contributed by atoms with Crippen molar-refractivity contribution in [3.63, 3.8) is 0 Å². The highest BCUT2D eigenvalue weighted by Crippen LogP contribution is 2.44. The lowest BCUT2D eigenvalue weighted by Crippen LogP contribution is -2.19. The van der Waals surface area contributed by atoms with E-state index >= 15 is 0 Å². The van der Waals surface area contributed by atoms with Gasteiger partial charge in [0.1, 0.15) is 17.2 Å². The molecule has 1 N–H and O–H groups in total. The number of carboxylic acid groups (broad SMARTS) is 1. The molecule has 0 amide bonds. The standard InChI is InChI=1S/C27H28ClN3O5/c1-14(2)35-23-11-17(27(32)33)10-22(28)25(23)21-13-31(19-5-7-34-8-6-19)26-20(21)9-18(12-29-26)24-15(3)30-36-16(24)4/h9-14,19H,5-8H2,1-4H3,(H,32,33). The Hall–Kier alpha value is -3.36. The molecular formula is C27H28ClN3O5. The van der Waals surface area contributed by atoms with Gasteiger partial charge in [0, 0.05) is 59.3 Å². The Morgan fingerprint density at radius 3 is 2.58 bits per heavy atom. The number of nitrogens with zero attached hydrogens (tertiary/aromatic N) is 3. The number of benzene rings is 1. The van der Waals surface area contributed by atoms with Crippen molar-refractivity contribution in [3.05, 3.63) is 52.6 Å². The lowest BCUT2D eigenvalue weighted by Gasteiger charge is -2.24. The molecule has 0 aliphatic carbocycles. The zero-order valence-electron chi connectivity index (χ0n) is 20.7. The summed E-state index contributed by atoms with van der Waals surface area (Å²) < 4.78 is 19.3. The van der Waals surface area contributed by atoms with Crippen LogP contribution in [0.2, 0.25) is 5.02 Å². The van der Waals surface area contributed by atoms with Crippen molar-refractivity contribution in [2.75, 3.05) is 13.2 Å². The molecule has 4 heterocycles. The first-order valence-corrected chi connectivity index (χ1v) is 12.4. The van der Waals surface area contributed by atoms with Gasteiger partial charge in [0.2, 0.25) is 0 Å². The zero-order chi connectivity index (χ0) is 25.6. The fourth-order valence-electron chi connectivity index (χ4n) is 4.92. The first-order valence-electron chi connectivity index (χ1n) is 12.0. The summed E-state index contributed by atoms with van der Waals surface area (Å²) >= 11 is 6.76. The maximum absolute atomic E-state index is 11.7. The molecule has 1 saturated heterocycles. The molecule has 1 fully saturated rings. The van der Waals surface area contributed by atoms with Gasteiger partial charge >= 0.3 is 5.97 Å². The molecule has 0 unspecified atom stereocenters. The molecule has 8 nitrogen and oxygen atoms in total. The molecule has 4 aromatic rings. The predicted molar refractivity (Wildman–Crippen MR) is 137 cm³/mol. The number of pyridine rings is 1. The van der Waals surface area contributed by atoms with Crippen LogP contribution in [0.25, 0.3) is 33.3 Å². The quantitative estimate of drug-likeness (QED) is 0.318. The second-order valence-electron chi connectivity index (χ2n) is 9.39. The van der Waals surface area contributed by atoms with Crippen LogP contribution in [-0.4, -0.2) is 45.1 Å². The zero-order valence-corrected chi connectivity index (χ0v) is 21.4. The number of aromatic carboxylic acids is 1. The van der Waals surface area contributed by atoms with Crippen LogP contribution in [0.3, 0.4) is 0 Å². The number of hydrogen-bond donors (Lipinski definition) is 1. The minimum atomic E-state index is -1.07. The first kappa shape index (κ1) is 24.3. The Balaban J connectivity index is 1.79. The number of fused-ring (bicyclic) bond motifs is 1. The van der Waals surface area contributed by atoms with E-state index in [-0.39, 0.29) is 17.7 Å². The molecule has 36 heavy (non-hydrogen) atoms. The molecular weight excluding hydrogens is 482 g/mol. The number of rotatable bonds is 6. The Bertz CT molecular complexity index is 1430. The van der Waals surface area contributed by atoms with Crippen LogP contribution >= 0.6 is 11.6 Å². The van der Waals surface area contributed by atoms with Crippen molar-refractivity contribution in [1.29, 1.82) is 0 Å². The summed E-state index contributed by atoms with van der Waals surface area (Å²) in [4.78, 5) is 16.6. The van der Waals surface area contributed by atoms with Gasteiger partial charge in [0.15, 0.2) is 0 Å². The van der Waals surface area contributed by atoms with Crippen molar-refractivity contribution in [2.24, 2.45) is 0 Å². The van der Waals surface area contributed by atoms with Gasteiger partial charge in [-0.15, -0.1) is 0 Å². The van der Waals surface area contributed by atoms with E-state index in [1.54, 1.807) is 0 Å². The summed E-state index contributed by atoms with van der Waals surface area (Å²) in [6.07, 6.45) is 5.47. The molecule has 188 valence electrons. The topological polar surface area (TPSA) is 99.6 Å². The van der Waals surface area contributed by atoms with Gasteiger partial charge < -0.3 is 23.7 Å². The SMILES string of the molecule is Cc1noc(C)c1-c1cnc2c(c1)c(-c1c(Cl)cc(C(=O)O)cc1OC(C)C)cn2C1CCOCC1. The Labute approximate surface area is 213 Å². The normalized spacial score (nSPS) is 14.6. The van der Waals surface area contributed by atoms with E-state index in [0.29, 0.717) is 35.3 Å². The Kier molecular flexibility index (Phi) is 6.49. The van der Waals surface area contributed by atoms with E-state index in [1.807, 2.05) is 33.9 Å². The van der Waals surface area contributed by atoms with Crippen molar-refractivity contribution >= 4 is 28.6 Å². The van der Waals surface area contributed by atoms with Crippen LogP contribution in [0.1, 0.15) is 54.5 Å². The molecule has 0 atom stereocenters. The monoisotopic (exact) mass is 509 g/mol. The predicted octanol–water partition coefficient (Wildman–Crippen LogP) is 6.47. The fraction of sp³-hybridized carbons (Fsp3) is 0.370. The molecule has 5 rings (SSSR count). The largest absolute Gasteiger partial charge is 0.490 e. The summed E-state index contributed by atoms with van der Waals surface area (Å²) in [7, 11) is 0. The van der Waals surface area contributed by atoms with E-state index in [2.05, 4.69) is 22.0 Å². The van der Waals surface area contributed by atoms with Gasteiger partial charge in [-0.25, -0.2) is 9.78 Å². The summed E-state index contributed by atoms with van der Waals surface area (Å²) in [6.45, 7) is 8.95. The second kappa shape index (κ2) is 9.59. The van der Waals surface area contributed by atoms with Crippen molar-refractivity contribution in [1.82, 2.24) is 14.7 Å². The average Bonchev–Trinajstić information content (AvgIpc) is 3.38. The molecule has 1 aliphatic rings. The van der Waals surface area contributed by atoms with Gasteiger partial charge in [-0.2, -0.15) is 0 Å². The highest BCUT2D eigenvalue weighted by molar-refractivity contribution is 6.34. The smallest absolute Gasteiger partial charge is 0.335 e. The highest BCUT2D eigenvalue weighted by atomic mass is 35.5. The third-order valence-corrected chi connectivity index (χ3v) is 6.81. The summed E-state index contributed by atoms with van der Waals surface area (Å²) in [5, 5.41) is 14.9. The molecule has 0 spiro atoms. The number of carboxylic acids is 1. The van der Waals surface area contributed by atoms with Crippen LogP contribution in [0.15, 0.2) is 35.1 Å². The molecule has 0 bridgehead atoms. The van der Waals surface area contributed by atoms with E-state index in [1.165, 1.54) is 12.1 Å². The summed E-state index contributed by atoms with van der Waals surface area (Å²) in [6, 6.07) is 5.29. The van der Waals surface area contributed by atoms with Gasteiger partial charge in [-0.3, -0.25) is 0 Å². The van der Waals surface area contributed by atoms with Crippen molar-refractivity contribution < 1.29 is 23.9 Å². The fourth-order valence-corrected chi connectivity index (χ4v) is 5.23. The van der Waals surface area contributed by atoms with E-state index in [0.717, 1.165) is 46.3 Å². The van der Waals surface area contributed by atoms with Gasteiger partial charge in [-0.1, -0.05) is 16.8 Å². The highest BCUT2D eigenvalue weighted by Gasteiger charge is 2.26. The number of hydrogen-bond acceptors (Lipinski definition) is 6. The molecule has 3 aromatic heterocycles. The number of aromatic nitrogens is 3. The van der Waals surface area contributed by atoms with Crippen LogP contribution < -0.4 is 4.74 Å². The second-order valence-corrected chi connectivity index (χ2v) is 9.80. The lowest BCUT2D eigenvalue weighted by atomic mass is 9.99. The first-order chi connectivity index (χ1) is 17.2. The van der Waals surface area contributed by atoms with E-state index < -0.39 is 5.97 Å². The number of halogens is 1. The number of aryl methyl sites for hydroxylation is 2. The van der Waals surface area contributed by atoms with Gasteiger partial charge in [0.25, 0.3) is 0 Å². The van der Waals surface area contributed by atoms with Crippen LogP contribution in [-0.2, 0) is 4.74 Å². The van der Waals surface area contributed by atoms with Crippen LogP contribution in [0.5, 0.6) is 5.75 Å². The lowest BCUT2D eigenvalue weighted by molar-refractivity contribution is 0.0695. The average molecular weight is 510 g/mol. The third kappa shape index (κ3) is 4.35. The Morgan fingerprint density at radius 2 is 1.94 bits per heavy atom. The maximum Gasteiger partial charge on any atom is 0.335 e. The van der Waals surface area contributed by atoms with Crippen molar-refractivity contribution in [3.8, 4) is 28.0 Å². The van der Waals surface area contributed by atoms with Gasteiger partial charge in [0.05, 0.1) is 22.4 Å². The van der Waals surface area contributed by atoms with Crippen molar-refractivity contribution in [2.45, 2.75) is 52.7 Å². The summed E-state index contributed by atoms with van der Waals surface area (Å²) in [5.74, 6) is 0.0689. The molecule has 0 radical (unpaired) electrons. The minimum Gasteiger partial charge on any atom is -0.490 e. The number of ether oxygens (including phenoxy) is 2. The van der Waals surface area contributed by atoms with Gasteiger partial charge in [-0.05, 0) is 58.7 Å². The van der Waals surface area contributed by atoms with E-state index in [4.69, 9.17) is 30.6 Å². The molecule has 1 aromatic carbocycles. The minimum absolute atomic E-state index is 0.0714. The van der Waals surface area contributed by atoms with Crippen LogP contribution in [0, 0.1) is 13.8 Å². The number of carbonyl (C=O) groups is 1.